The highest BCUT2D eigenvalue weighted by Gasteiger charge is 2.22. The average Bonchev–Trinajstić information content (AvgIpc) is 2.65. The molecule has 0 atom stereocenters. The number of piperazine rings is 1. The summed E-state index contributed by atoms with van der Waals surface area (Å²) in [7, 11) is 3.32. The molecule has 0 aliphatic carbocycles. The average molecular weight is 415 g/mol. The van der Waals surface area contributed by atoms with Gasteiger partial charge in [0.15, 0.2) is 5.96 Å². The molecular formula is C16H27BrN6O2. The second-order valence-corrected chi connectivity index (χ2v) is 6.44. The third-order valence-corrected chi connectivity index (χ3v) is 4.40. The highest BCUT2D eigenvalue weighted by molar-refractivity contribution is 9.10. The first kappa shape index (κ1) is 19.7. The van der Waals surface area contributed by atoms with E-state index in [9.17, 15) is 0 Å². The van der Waals surface area contributed by atoms with E-state index in [1.165, 1.54) is 0 Å². The third-order valence-electron chi connectivity index (χ3n) is 3.86. The van der Waals surface area contributed by atoms with E-state index in [0.717, 1.165) is 62.7 Å². The van der Waals surface area contributed by atoms with Gasteiger partial charge in [-0.15, -0.1) is 0 Å². The molecule has 2 rings (SSSR count). The lowest BCUT2D eigenvalue weighted by Crippen LogP contribution is -2.53. The molecule has 2 heterocycles. The number of hydrogen-bond acceptors (Lipinski definition) is 6. The molecule has 0 radical (unpaired) electrons. The number of methoxy groups -OCH3 is 2. The van der Waals surface area contributed by atoms with Crippen molar-refractivity contribution in [3.05, 3.63) is 10.7 Å². The Kier molecular flexibility index (Phi) is 8.20. The van der Waals surface area contributed by atoms with E-state index in [4.69, 9.17) is 9.47 Å². The summed E-state index contributed by atoms with van der Waals surface area (Å²) in [5.41, 5.74) is 0. The van der Waals surface area contributed by atoms with Crippen molar-refractivity contribution in [3.63, 3.8) is 0 Å². The molecule has 0 bridgehead atoms. The standard InChI is InChI=1S/C16H27BrN6O2/c1-4-18-15(19-6-5-11-24-2)22-7-9-23(10-8-22)16-20-12-13(17)14(21-16)25-3/h12H,4-11H2,1-3H3,(H,18,19). The highest BCUT2D eigenvalue weighted by atomic mass is 79.9. The molecule has 1 aliphatic heterocycles. The Labute approximate surface area is 157 Å². The van der Waals surface area contributed by atoms with Crippen LogP contribution < -0.4 is 15.0 Å². The van der Waals surface area contributed by atoms with Crippen molar-refractivity contribution in [1.29, 1.82) is 0 Å². The highest BCUT2D eigenvalue weighted by Crippen LogP contribution is 2.23. The Balaban J connectivity index is 1.94. The van der Waals surface area contributed by atoms with E-state index in [-0.39, 0.29) is 0 Å². The number of nitrogens with zero attached hydrogens (tertiary/aromatic N) is 5. The maximum absolute atomic E-state index is 5.26. The number of hydrogen-bond donors (Lipinski definition) is 1. The van der Waals surface area contributed by atoms with Crippen LogP contribution in [0.2, 0.25) is 0 Å². The van der Waals surface area contributed by atoms with Gasteiger partial charge in [0.1, 0.15) is 0 Å². The Morgan fingerprint density at radius 3 is 2.72 bits per heavy atom. The molecule has 1 aromatic rings. The van der Waals surface area contributed by atoms with Gasteiger partial charge in [0.2, 0.25) is 11.8 Å². The van der Waals surface area contributed by atoms with Crippen LogP contribution in [0.1, 0.15) is 13.3 Å². The summed E-state index contributed by atoms with van der Waals surface area (Å²) in [5.74, 6) is 2.22. The van der Waals surface area contributed by atoms with Crippen molar-refractivity contribution >= 4 is 27.8 Å². The lowest BCUT2D eigenvalue weighted by atomic mass is 10.3. The van der Waals surface area contributed by atoms with Crippen molar-refractivity contribution < 1.29 is 9.47 Å². The number of rotatable bonds is 7. The lowest BCUT2D eigenvalue weighted by Gasteiger charge is -2.36. The van der Waals surface area contributed by atoms with Gasteiger partial charge < -0.3 is 24.6 Å². The topological polar surface area (TPSA) is 75.1 Å². The van der Waals surface area contributed by atoms with Crippen LogP contribution in [0.5, 0.6) is 5.88 Å². The van der Waals surface area contributed by atoms with Crippen LogP contribution in [0.3, 0.4) is 0 Å². The minimum Gasteiger partial charge on any atom is -0.480 e. The number of anilines is 1. The molecule has 0 aromatic carbocycles. The van der Waals surface area contributed by atoms with Gasteiger partial charge in [0, 0.05) is 53.0 Å². The summed E-state index contributed by atoms with van der Waals surface area (Å²) >= 11 is 3.39. The Hall–Kier alpha value is -1.61. The first-order valence-electron chi connectivity index (χ1n) is 8.53. The fourth-order valence-electron chi connectivity index (χ4n) is 2.58. The van der Waals surface area contributed by atoms with E-state index in [1.54, 1.807) is 20.4 Å². The van der Waals surface area contributed by atoms with Crippen LogP contribution in [0, 0.1) is 0 Å². The van der Waals surface area contributed by atoms with Crippen LogP contribution in [-0.2, 0) is 4.74 Å². The van der Waals surface area contributed by atoms with Gasteiger partial charge in [-0.05, 0) is 29.3 Å². The molecule has 8 nitrogen and oxygen atoms in total. The molecule has 0 amide bonds. The summed E-state index contributed by atoms with van der Waals surface area (Å²) in [5, 5.41) is 3.37. The fraction of sp³-hybridized carbons (Fsp3) is 0.688. The van der Waals surface area contributed by atoms with Crippen molar-refractivity contribution in [2.45, 2.75) is 13.3 Å². The monoisotopic (exact) mass is 414 g/mol. The maximum Gasteiger partial charge on any atom is 0.232 e. The minimum atomic E-state index is 0.556. The second kappa shape index (κ2) is 10.4. The Morgan fingerprint density at radius 2 is 2.08 bits per heavy atom. The third kappa shape index (κ3) is 5.71. The SMILES string of the molecule is CCNC(=NCCCOC)N1CCN(c2ncc(Br)c(OC)n2)CC1. The van der Waals surface area contributed by atoms with Crippen molar-refractivity contribution in [3.8, 4) is 5.88 Å². The van der Waals surface area contributed by atoms with E-state index in [0.29, 0.717) is 11.8 Å². The number of aliphatic imine (C=N–C) groups is 1. The fourth-order valence-corrected chi connectivity index (χ4v) is 2.93. The molecule has 9 heteroatoms. The number of ether oxygens (including phenoxy) is 2. The number of nitrogens with one attached hydrogen (secondary N) is 1. The van der Waals surface area contributed by atoms with Crippen LogP contribution >= 0.6 is 15.9 Å². The lowest BCUT2D eigenvalue weighted by molar-refractivity contribution is 0.197. The first-order chi connectivity index (χ1) is 12.2. The van der Waals surface area contributed by atoms with Crippen LogP contribution in [-0.4, -0.2) is 80.9 Å². The number of halogens is 1. The van der Waals surface area contributed by atoms with E-state index in [1.807, 2.05) is 0 Å². The molecular weight excluding hydrogens is 388 g/mol. The molecule has 0 unspecified atom stereocenters. The van der Waals surface area contributed by atoms with E-state index in [2.05, 4.69) is 52.9 Å². The minimum absolute atomic E-state index is 0.556. The molecule has 25 heavy (non-hydrogen) atoms. The summed E-state index contributed by atoms with van der Waals surface area (Å²) in [6, 6.07) is 0. The predicted octanol–water partition coefficient (Wildman–Crippen LogP) is 1.37. The van der Waals surface area contributed by atoms with Crippen molar-refractivity contribution in [1.82, 2.24) is 20.2 Å². The largest absolute Gasteiger partial charge is 0.480 e. The van der Waals surface area contributed by atoms with Crippen molar-refractivity contribution in [2.24, 2.45) is 4.99 Å². The van der Waals surface area contributed by atoms with Gasteiger partial charge in [-0.2, -0.15) is 4.98 Å². The summed E-state index contributed by atoms with van der Waals surface area (Å²) in [4.78, 5) is 18.0. The summed E-state index contributed by atoms with van der Waals surface area (Å²) < 4.78 is 11.1. The van der Waals surface area contributed by atoms with Crippen LogP contribution in [0.25, 0.3) is 0 Å². The molecule has 1 fully saturated rings. The number of aromatic nitrogens is 2. The normalized spacial score (nSPS) is 15.4. The van der Waals surface area contributed by atoms with Gasteiger partial charge in [0.05, 0.1) is 17.8 Å². The molecule has 1 saturated heterocycles. The maximum atomic E-state index is 5.26. The Morgan fingerprint density at radius 1 is 1.32 bits per heavy atom. The molecule has 140 valence electrons. The molecule has 1 N–H and O–H groups in total. The molecule has 1 aliphatic rings. The zero-order valence-corrected chi connectivity index (χ0v) is 16.8. The molecule has 1 aromatic heterocycles. The van der Waals surface area contributed by atoms with Crippen LogP contribution in [0.4, 0.5) is 5.95 Å². The summed E-state index contributed by atoms with van der Waals surface area (Å²) in [6.07, 6.45) is 2.66. The quantitative estimate of drug-likeness (QED) is 0.410. The molecule has 0 spiro atoms. The smallest absolute Gasteiger partial charge is 0.232 e. The zero-order chi connectivity index (χ0) is 18.1. The first-order valence-corrected chi connectivity index (χ1v) is 9.32. The van der Waals surface area contributed by atoms with Gasteiger partial charge >= 0.3 is 0 Å². The van der Waals surface area contributed by atoms with Gasteiger partial charge in [-0.3, -0.25) is 4.99 Å². The predicted molar refractivity (Wildman–Crippen MR) is 103 cm³/mol. The van der Waals surface area contributed by atoms with E-state index < -0.39 is 0 Å². The Bertz CT molecular complexity index is 564. The second-order valence-electron chi connectivity index (χ2n) is 5.58. The van der Waals surface area contributed by atoms with Crippen molar-refractivity contribution in [2.75, 3.05) is 65.0 Å². The van der Waals surface area contributed by atoms with Gasteiger partial charge in [0.25, 0.3) is 0 Å². The molecule has 0 saturated carbocycles. The zero-order valence-electron chi connectivity index (χ0n) is 15.2. The van der Waals surface area contributed by atoms with Crippen LogP contribution in [0.15, 0.2) is 15.7 Å². The number of guanidine groups is 1. The van der Waals surface area contributed by atoms with Gasteiger partial charge in [-0.25, -0.2) is 4.98 Å². The van der Waals surface area contributed by atoms with Gasteiger partial charge in [-0.1, -0.05) is 0 Å². The van der Waals surface area contributed by atoms with E-state index >= 15 is 0 Å². The summed E-state index contributed by atoms with van der Waals surface area (Å²) in [6.45, 7) is 7.87.